The molecule has 1 saturated carbocycles. The zero-order chi connectivity index (χ0) is 12.2. The van der Waals surface area contributed by atoms with Crippen molar-refractivity contribution in [3.63, 3.8) is 0 Å². The maximum atomic E-state index is 9.62. The SMILES string of the molecule is CCN(CC)CCCNC1CC(O)C1(C)C. The van der Waals surface area contributed by atoms with E-state index in [1.165, 1.54) is 13.0 Å². The number of nitrogens with zero attached hydrogens (tertiary/aromatic N) is 1. The van der Waals surface area contributed by atoms with Gasteiger partial charge < -0.3 is 15.3 Å². The van der Waals surface area contributed by atoms with Crippen molar-refractivity contribution in [3.05, 3.63) is 0 Å². The second-order valence-electron chi connectivity index (χ2n) is 5.46. The van der Waals surface area contributed by atoms with Crippen molar-refractivity contribution >= 4 is 0 Å². The van der Waals surface area contributed by atoms with Gasteiger partial charge in [-0.2, -0.15) is 0 Å². The molecule has 0 heterocycles. The third-order valence-corrected chi connectivity index (χ3v) is 4.15. The average molecular weight is 228 g/mol. The van der Waals surface area contributed by atoms with Gasteiger partial charge in [0.25, 0.3) is 0 Å². The van der Waals surface area contributed by atoms with E-state index >= 15 is 0 Å². The summed E-state index contributed by atoms with van der Waals surface area (Å²) in [6.45, 7) is 13.2. The lowest BCUT2D eigenvalue weighted by atomic mass is 9.64. The Hall–Kier alpha value is -0.120. The quantitative estimate of drug-likeness (QED) is 0.648. The molecule has 0 spiro atoms. The lowest BCUT2D eigenvalue weighted by Crippen LogP contribution is -2.60. The molecular formula is C13H28N2O. The number of nitrogens with one attached hydrogen (secondary N) is 1. The van der Waals surface area contributed by atoms with E-state index in [0.29, 0.717) is 6.04 Å². The molecule has 16 heavy (non-hydrogen) atoms. The van der Waals surface area contributed by atoms with Crippen LogP contribution in [-0.2, 0) is 0 Å². The summed E-state index contributed by atoms with van der Waals surface area (Å²) in [5, 5.41) is 13.2. The van der Waals surface area contributed by atoms with Crippen LogP contribution in [0.5, 0.6) is 0 Å². The molecule has 0 bridgehead atoms. The minimum atomic E-state index is -0.118. The molecule has 0 aromatic heterocycles. The highest BCUT2D eigenvalue weighted by Crippen LogP contribution is 2.40. The van der Waals surface area contributed by atoms with Crippen LogP contribution in [-0.4, -0.2) is 48.3 Å². The van der Waals surface area contributed by atoms with E-state index in [4.69, 9.17) is 0 Å². The molecule has 0 aromatic rings. The van der Waals surface area contributed by atoms with E-state index in [1.807, 2.05) is 0 Å². The molecule has 0 saturated heterocycles. The second-order valence-corrected chi connectivity index (χ2v) is 5.46. The Morgan fingerprint density at radius 1 is 1.31 bits per heavy atom. The molecule has 2 unspecified atom stereocenters. The molecule has 3 heteroatoms. The van der Waals surface area contributed by atoms with Crippen molar-refractivity contribution in [2.75, 3.05) is 26.2 Å². The monoisotopic (exact) mass is 228 g/mol. The molecule has 96 valence electrons. The zero-order valence-corrected chi connectivity index (χ0v) is 11.3. The van der Waals surface area contributed by atoms with Gasteiger partial charge >= 0.3 is 0 Å². The third-order valence-electron chi connectivity index (χ3n) is 4.15. The summed E-state index contributed by atoms with van der Waals surface area (Å²) in [5.41, 5.74) is 0.0647. The minimum absolute atomic E-state index is 0.0647. The lowest BCUT2D eigenvalue weighted by molar-refractivity contribution is -0.0723. The first-order chi connectivity index (χ1) is 7.52. The van der Waals surface area contributed by atoms with Gasteiger partial charge in [0.05, 0.1) is 6.10 Å². The molecular weight excluding hydrogens is 200 g/mol. The molecule has 0 aromatic carbocycles. The van der Waals surface area contributed by atoms with Crippen LogP contribution in [0.3, 0.4) is 0 Å². The van der Waals surface area contributed by atoms with Crippen LogP contribution in [0.25, 0.3) is 0 Å². The predicted molar refractivity (Wildman–Crippen MR) is 68.6 cm³/mol. The van der Waals surface area contributed by atoms with Crippen LogP contribution in [0, 0.1) is 5.41 Å². The van der Waals surface area contributed by atoms with E-state index in [0.717, 1.165) is 26.1 Å². The molecule has 2 N–H and O–H groups in total. The Morgan fingerprint density at radius 2 is 1.94 bits per heavy atom. The number of hydrogen-bond acceptors (Lipinski definition) is 3. The summed E-state index contributed by atoms with van der Waals surface area (Å²) in [5.74, 6) is 0. The van der Waals surface area contributed by atoms with Crippen molar-refractivity contribution in [1.29, 1.82) is 0 Å². The summed E-state index contributed by atoms with van der Waals surface area (Å²) >= 11 is 0. The Balaban J connectivity index is 2.08. The Labute approximate surface area is 100 Å². The van der Waals surface area contributed by atoms with Gasteiger partial charge in [-0.15, -0.1) is 0 Å². The Morgan fingerprint density at radius 3 is 2.38 bits per heavy atom. The molecule has 1 aliphatic carbocycles. The van der Waals surface area contributed by atoms with Crippen molar-refractivity contribution in [1.82, 2.24) is 10.2 Å². The zero-order valence-electron chi connectivity index (χ0n) is 11.3. The summed E-state index contributed by atoms with van der Waals surface area (Å²) in [7, 11) is 0. The van der Waals surface area contributed by atoms with E-state index in [1.54, 1.807) is 0 Å². The minimum Gasteiger partial charge on any atom is -0.392 e. The van der Waals surface area contributed by atoms with Gasteiger partial charge in [0.1, 0.15) is 0 Å². The normalized spacial score (nSPS) is 28.1. The van der Waals surface area contributed by atoms with Gasteiger partial charge in [-0.25, -0.2) is 0 Å². The molecule has 0 aliphatic heterocycles. The maximum Gasteiger partial charge on any atom is 0.0621 e. The van der Waals surface area contributed by atoms with Crippen LogP contribution < -0.4 is 5.32 Å². The molecule has 1 aliphatic rings. The fourth-order valence-corrected chi connectivity index (χ4v) is 2.37. The smallest absolute Gasteiger partial charge is 0.0621 e. The van der Waals surface area contributed by atoms with Gasteiger partial charge in [-0.1, -0.05) is 27.7 Å². The number of rotatable bonds is 7. The van der Waals surface area contributed by atoms with Crippen molar-refractivity contribution < 1.29 is 5.11 Å². The number of aliphatic hydroxyl groups is 1. The third kappa shape index (κ3) is 3.19. The Kier molecular flexibility index (Phi) is 5.22. The van der Waals surface area contributed by atoms with Crippen molar-refractivity contribution in [2.24, 2.45) is 5.41 Å². The molecule has 1 fully saturated rings. The topological polar surface area (TPSA) is 35.5 Å². The number of aliphatic hydroxyl groups excluding tert-OH is 1. The van der Waals surface area contributed by atoms with Gasteiger partial charge in [0, 0.05) is 11.5 Å². The lowest BCUT2D eigenvalue weighted by Gasteiger charge is -2.49. The van der Waals surface area contributed by atoms with Gasteiger partial charge in [-0.3, -0.25) is 0 Å². The highest BCUT2D eigenvalue weighted by Gasteiger charge is 2.46. The van der Waals surface area contributed by atoms with Crippen molar-refractivity contribution in [2.45, 2.75) is 52.7 Å². The largest absolute Gasteiger partial charge is 0.392 e. The van der Waals surface area contributed by atoms with Gasteiger partial charge in [0.15, 0.2) is 0 Å². The summed E-state index contributed by atoms with van der Waals surface area (Å²) < 4.78 is 0. The van der Waals surface area contributed by atoms with Crippen LogP contribution in [0.4, 0.5) is 0 Å². The van der Waals surface area contributed by atoms with Crippen LogP contribution in [0.15, 0.2) is 0 Å². The van der Waals surface area contributed by atoms with Crippen LogP contribution in [0.1, 0.15) is 40.5 Å². The maximum absolute atomic E-state index is 9.62. The number of hydrogen-bond donors (Lipinski definition) is 2. The van der Waals surface area contributed by atoms with Crippen LogP contribution >= 0.6 is 0 Å². The van der Waals surface area contributed by atoms with E-state index in [2.05, 4.69) is 37.9 Å². The Bertz CT molecular complexity index is 202. The fraction of sp³-hybridized carbons (Fsp3) is 1.00. The predicted octanol–water partition coefficient (Wildman–Crippen LogP) is 1.47. The average Bonchev–Trinajstić information content (AvgIpc) is 2.27. The fourth-order valence-electron chi connectivity index (χ4n) is 2.37. The second kappa shape index (κ2) is 5.99. The van der Waals surface area contributed by atoms with E-state index in [9.17, 15) is 5.11 Å². The summed E-state index contributed by atoms with van der Waals surface area (Å²) in [4.78, 5) is 2.45. The molecule has 2 atom stereocenters. The van der Waals surface area contributed by atoms with E-state index in [-0.39, 0.29) is 11.5 Å². The molecule has 0 amide bonds. The first-order valence-corrected chi connectivity index (χ1v) is 6.66. The highest BCUT2D eigenvalue weighted by molar-refractivity contribution is 5.01. The van der Waals surface area contributed by atoms with Gasteiger partial charge in [-0.05, 0) is 39.0 Å². The first kappa shape index (κ1) is 13.9. The summed E-state index contributed by atoms with van der Waals surface area (Å²) in [6.07, 6.45) is 2.00. The standard InChI is InChI=1S/C13H28N2O/c1-5-15(6-2)9-7-8-14-11-10-12(16)13(11,3)4/h11-12,14,16H,5-10H2,1-4H3. The van der Waals surface area contributed by atoms with Gasteiger partial charge in [0.2, 0.25) is 0 Å². The highest BCUT2D eigenvalue weighted by atomic mass is 16.3. The van der Waals surface area contributed by atoms with Crippen molar-refractivity contribution in [3.8, 4) is 0 Å². The first-order valence-electron chi connectivity index (χ1n) is 6.66. The van der Waals surface area contributed by atoms with E-state index < -0.39 is 0 Å². The molecule has 0 radical (unpaired) electrons. The summed E-state index contributed by atoms with van der Waals surface area (Å²) in [6, 6.07) is 0.499. The molecule has 1 rings (SSSR count). The van der Waals surface area contributed by atoms with Crippen LogP contribution in [0.2, 0.25) is 0 Å². The molecule has 3 nitrogen and oxygen atoms in total.